The lowest BCUT2D eigenvalue weighted by molar-refractivity contribution is 0.470. The van der Waals surface area contributed by atoms with Crippen LogP contribution in [0.25, 0.3) is 0 Å². The van der Waals surface area contributed by atoms with Crippen LogP contribution in [0.15, 0.2) is 42.6 Å². The Labute approximate surface area is 94.9 Å². The lowest BCUT2D eigenvalue weighted by Crippen LogP contribution is -1.99. The van der Waals surface area contributed by atoms with Gasteiger partial charge in [0, 0.05) is 18.3 Å². The molecule has 3 heteroatoms. The van der Waals surface area contributed by atoms with Gasteiger partial charge in [0.1, 0.15) is 11.5 Å². The standard InChI is InChI=1S/C13H14N2O/c1-10-12(7-4-8-15-10)16-13-6-3-2-5-11(13)9-14/h2-8H,9,14H2,1H3. The van der Waals surface area contributed by atoms with Crippen LogP contribution in [-0.4, -0.2) is 4.98 Å². The van der Waals surface area contributed by atoms with Crippen LogP contribution in [0.2, 0.25) is 0 Å². The van der Waals surface area contributed by atoms with Gasteiger partial charge < -0.3 is 10.5 Å². The Morgan fingerprint density at radius 3 is 2.62 bits per heavy atom. The van der Waals surface area contributed by atoms with Crippen molar-refractivity contribution in [2.75, 3.05) is 0 Å². The van der Waals surface area contributed by atoms with Gasteiger partial charge >= 0.3 is 0 Å². The molecular weight excluding hydrogens is 200 g/mol. The third-order valence-corrected chi connectivity index (χ3v) is 2.37. The number of rotatable bonds is 3. The van der Waals surface area contributed by atoms with Gasteiger partial charge in [0.25, 0.3) is 0 Å². The first-order chi connectivity index (χ1) is 7.81. The van der Waals surface area contributed by atoms with E-state index in [0.717, 1.165) is 22.8 Å². The number of ether oxygens (including phenoxy) is 1. The van der Waals surface area contributed by atoms with E-state index in [9.17, 15) is 0 Å². The van der Waals surface area contributed by atoms with Crippen molar-refractivity contribution in [2.24, 2.45) is 5.73 Å². The van der Waals surface area contributed by atoms with E-state index in [1.165, 1.54) is 0 Å². The fraction of sp³-hybridized carbons (Fsp3) is 0.154. The Hall–Kier alpha value is -1.87. The van der Waals surface area contributed by atoms with Gasteiger partial charge in [-0.25, -0.2) is 0 Å². The van der Waals surface area contributed by atoms with E-state index in [1.54, 1.807) is 6.20 Å². The molecule has 16 heavy (non-hydrogen) atoms. The Morgan fingerprint density at radius 1 is 1.12 bits per heavy atom. The zero-order valence-corrected chi connectivity index (χ0v) is 9.18. The number of aromatic nitrogens is 1. The molecule has 0 atom stereocenters. The highest BCUT2D eigenvalue weighted by atomic mass is 16.5. The van der Waals surface area contributed by atoms with Gasteiger partial charge in [0.05, 0.1) is 5.69 Å². The van der Waals surface area contributed by atoms with Crippen molar-refractivity contribution >= 4 is 0 Å². The largest absolute Gasteiger partial charge is 0.455 e. The highest BCUT2D eigenvalue weighted by molar-refractivity contribution is 5.38. The van der Waals surface area contributed by atoms with E-state index < -0.39 is 0 Å². The average molecular weight is 214 g/mol. The summed E-state index contributed by atoms with van der Waals surface area (Å²) in [5.74, 6) is 1.56. The van der Waals surface area contributed by atoms with Crippen LogP contribution < -0.4 is 10.5 Å². The number of nitrogens with zero attached hydrogens (tertiary/aromatic N) is 1. The van der Waals surface area contributed by atoms with Crippen LogP contribution in [-0.2, 0) is 6.54 Å². The van der Waals surface area contributed by atoms with Crippen LogP contribution in [0.5, 0.6) is 11.5 Å². The van der Waals surface area contributed by atoms with Crippen molar-refractivity contribution in [3.8, 4) is 11.5 Å². The molecule has 0 unspecified atom stereocenters. The van der Waals surface area contributed by atoms with E-state index >= 15 is 0 Å². The Bertz CT molecular complexity index is 483. The molecule has 0 spiro atoms. The summed E-state index contributed by atoms with van der Waals surface area (Å²) in [6.07, 6.45) is 1.75. The van der Waals surface area contributed by atoms with E-state index in [0.29, 0.717) is 6.54 Å². The number of hydrogen-bond acceptors (Lipinski definition) is 3. The maximum Gasteiger partial charge on any atom is 0.148 e. The topological polar surface area (TPSA) is 48.1 Å². The van der Waals surface area contributed by atoms with Crippen LogP contribution in [0.1, 0.15) is 11.3 Å². The summed E-state index contributed by atoms with van der Waals surface area (Å²) in [6, 6.07) is 11.5. The zero-order valence-electron chi connectivity index (χ0n) is 9.18. The van der Waals surface area contributed by atoms with Gasteiger partial charge in [0.2, 0.25) is 0 Å². The molecule has 0 aliphatic carbocycles. The molecule has 0 radical (unpaired) electrons. The van der Waals surface area contributed by atoms with Crippen LogP contribution >= 0.6 is 0 Å². The van der Waals surface area contributed by atoms with E-state index in [-0.39, 0.29) is 0 Å². The molecule has 0 fully saturated rings. The molecular formula is C13H14N2O. The summed E-state index contributed by atoms with van der Waals surface area (Å²) in [7, 11) is 0. The first-order valence-electron chi connectivity index (χ1n) is 5.18. The number of hydrogen-bond donors (Lipinski definition) is 1. The van der Waals surface area contributed by atoms with Gasteiger partial charge in [-0.05, 0) is 25.1 Å². The molecule has 3 nitrogen and oxygen atoms in total. The smallest absolute Gasteiger partial charge is 0.148 e. The highest BCUT2D eigenvalue weighted by Gasteiger charge is 2.04. The summed E-state index contributed by atoms with van der Waals surface area (Å²) in [6.45, 7) is 2.38. The number of para-hydroxylation sites is 1. The SMILES string of the molecule is Cc1ncccc1Oc1ccccc1CN. The van der Waals surface area contributed by atoms with Gasteiger partial charge in [-0.15, -0.1) is 0 Å². The molecule has 0 saturated heterocycles. The number of pyridine rings is 1. The summed E-state index contributed by atoms with van der Waals surface area (Å²) in [4.78, 5) is 4.17. The maximum absolute atomic E-state index is 5.79. The molecule has 82 valence electrons. The van der Waals surface area contributed by atoms with E-state index in [2.05, 4.69) is 4.98 Å². The molecule has 0 saturated carbocycles. The molecule has 0 bridgehead atoms. The summed E-state index contributed by atoms with van der Waals surface area (Å²) >= 11 is 0. The fourth-order valence-corrected chi connectivity index (χ4v) is 1.47. The maximum atomic E-state index is 5.79. The Balaban J connectivity index is 2.30. The molecule has 1 aromatic carbocycles. The molecule has 1 aromatic heterocycles. The highest BCUT2D eigenvalue weighted by Crippen LogP contribution is 2.26. The van der Waals surface area contributed by atoms with E-state index in [1.807, 2.05) is 43.3 Å². The summed E-state index contributed by atoms with van der Waals surface area (Å²) < 4.78 is 5.79. The van der Waals surface area contributed by atoms with Crippen LogP contribution in [0.3, 0.4) is 0 Å². The fourth-order valence-electron chi connectivity index (χ4n) is 1.47. The van der Waals surface area contributed by atoms with Crippen molar-refractivity contribution in [1.29, 1.82) is 0 Å². The quantitative estimate of drug-likeness (QED) is 0.854. The second kappa shape index (κ2) is 4.77. The molecule has 2 N–H and O–H groups in total. The van der Waals surface area contributed by atoms with Crippen molar-refractivity contribution in [3.63, 3.8) is 0 Å². The normalized spacial score (nSPS) is 10.1. The minimum Gasteiger partial charge on any atom is -0.455 e. The molecule has 2 rings (SSSR count). The van der Waals surface area contributed by atoms with Crippen molar-refractivity contribution < 1.29 is 4.74 Å². The number of nitrogens with two attached hydrogens (primary N) is 1. The van der Waals surface area contributed by atoms with Gasteiger partial charge in [-0.2, -0.15) is 0 Å². The first-order valence-corrected chi connectivity index (χ1v) is 5.18. The van der Waals surface area contributed by atoms with Crippen LogP contribution in [0, 0.1) is 6.92 Å². The predicted molar refractivity (Wildman–Crippen MR) is 63.4 cm³/mol. The number of aryl methyl sites for hydroxylation is 1. The lowest BCUT2D eigenvalue weighted by atomic mass is 10.2. The van der Waals surface area contributed by atoms with Crippen LogP contribution in [0.4, 0.5) is 0 Å². The third kappa shape index (κ3) is 2.20. The Morgan fingerprint density at radius 2 is 1.88 bits per heavy atom. The summed E-state index contributed by atoms with van der Waals surface area (Å²) in [5.41, 5.74) is 7.51. The van der Waals surface area contributed by atoms with Gasteiger partial charge in [-0.3, -0.25) is 4.98 Å². The van der Waals surface area contributed by atoms with Gasteiger partial charge in [0.15, 0.2) is 0 Å². The molecule has 2 aromatic rings. The molecule has 0 aliphatic rings. The third-order valence-electron chi connectivity index (χ3n) is 2.37. The van der Waals surface area contributed by atoms with Crippen molar-refractivity contribution in [1.82, 2.24) is 4.98 Å². The monoisotopic (exact) mass is 214 g/mol. The average Bonchev–Trinajstić information content (AvgIpc) is 2.33. The number of benzene rings is 1. The van der Waals surface area contributed by atoms with Crippen molar-refractivity contribution in [2.45, 2.75) is 13.5 Å². The molecule has 0 amide bonds. The van der Waals surface area contributed by atoms with Crippen molar-refractivity contribution in [3.05, 3.63) is 53.9 Å². The minimum absolute atomic E-state index is 0.468. The second-order valence-corrected chi connectivity index (χ2v) is 3.50. The molecule has 1 heterocycles. The van der Waals surface area contributed by atoms with E-state index in [4.69, 9.17) is 10.5 Å². The second-order valence-electron chi connectivity index (χ2n) is 3.50. The predicted octanol–water partition coefficient (Wildman–Crippen LogP) is 2.64. The minimum atomic E-state index is 0.468. The lowest BCUT2D eigenvalue weighted by Gasteiger charge is -2.10. The first kappa shape index (κ1) is 10.6. The van der Waals surface area contributed by atoms with Gasteiger partial charge in [-0.1, -0.05) is 18.2 Å². The molecule has 0 aliphatic heterocycles. The Kier molecular flexibility index (Phi) is 3.17. The zero-order chi connectivity index (χ0) is 11.4. The summed E-state index contributed by atoms with van der Waals surface area (Å²) in [5, 5.41) is 0.